The van der Waals surface area contributed by atoms with Gasteiger partial charge in [-0.3, -0.25) is 9.59 Å². The molecule has 1 aliphatic carbocycles. The molecule has 124 valence electrons. The minimum absolute atomic E-state index is 0.0393. The highest BCUT2D eigenvalue weighted by atomic mass is 16.5. The van der Waals surface area contributed by atoms with Crippen molar-refractivity contribution in [1.82, 2.24) is 10.6 Å². The number of rotatable bonds is 8. The first-order valence-electron chi connectivity index (χ1n) is 7.49. The highest BCUT2D eigenvalue weighted by Crippen LogP contribution is 2.24. The summed E-state index contributed by atoms with van der Waals surface area (Å²) in [5, 5.41) is 14.6. The van der Waals surface area contributed by atoms with Gasteiger partial charge in [0.25, 0.3) is 0 Å². The summed E-state index contributed by atoms with van der Waals surface area (Å²) in [5.41, 5.74) is 0.178. The van der Waals surface area contributed by atoms with Crippen molar-refractivity contribution in [1.29, 1.82) is 0 Å². The van der Waals surface area contributed by atoms with E-state index in [1.807, 2.05) is 13.8 Å². The molecule has 0 bridgehead atoms. The van der Waals surface area contributed by atoms with Crippen LogP contribution >= 0.6 is 0 Å². The molecule has 0 unspecified atom stereocenters. The van der Waals surface area contributed by atoms with Gasteiger partial charge in [-0.05, 0) is 18.9 Å². The minimum Gasteiger partial charge on any atom is -0.478 e. The summed E-state index contributed by atoms with van der Waals surface area (Å²) in [6.45, 7) is 5.34. The van der Waals surface area contributed by atoms with Gasteiger partial charge < -0.3 is 20.5 Å². The Labute approximate surface area is 130 Å². The predicted molar refractivity (Wildman–Crippen MR) is 80.2 cm³/mol. The van der Waals surface area contributed by atoms with Gasteiger partial charge in [-0.25, -0.2) is 4.79 Å². The summed E-state index contributed by atoms with van der Waals surface area (Å²) in [6.07, 6.45) is 3.11. The van der Waals surface area contributed by atoms with Crippen LogP contribution in [0.3, 0.4) is 0 Å². The number of amides is 2. The maximum Gasteiger partial charge on any atom is 0.331 e. The first-order valence-corrected chi connectivity index (χ1v) is 7.49. The molecular weight excluding hydrogens is 288 g/mol. The topological polar surface area (TPSA) is 105 Å². The number of carbonyl (C=O) groups excluding carboxylic acids is 2. The molecule has 7 nitrogen and oxygen atoms in total. The Balaban J connectivity index is 3.08. The fourth-order valence-corrected chi connectivity index (χ4v) is 2.62. The van der Waals surface area contributed by atoms with Gasteiger partial charge in [0.2, 0.25) is 12.3 Å². The molecule has 0 spiro atoms. The summed E-state index contributed by atoms with van der Waals surface area (Å²) in [6, 6.07) is -1.01. The van der Waals surface area contributed by atoms with E-state index in [1.54, 1.807) is 0 Å². The standard InChI is InChI=1S/C15H24N2O5/c1-4-11(5-2)22-13-7-10(15(20)21)6-12(16-8-18)14(13)17-9(3)19/h7-8,11-14H,4-6H2,1-3H3,(H,16,18)(H,17,19)(H,20,21)/t12-,13+,14+/m0/s1. The maximum atomic E-state index is 11.4. The zero-order valence-corrected chi connectivity index (χ0v) is 13.2. The van der Waals surface area contributed by atoms with E-state index in [-0.39, 0.29) is 24.0 Å². The second kappa shape index (κ2) is 8.53. The van der Waals surface area contributed by atoms with Crippen LogP contribution in [0.5, 0.6) is 0 Å². The lowest BCUT2D eigenvalue weighted by atomic mass is 9.87. The van der Waals surface area contributed by atoms with E-state index >= 15 is 0 Å². The van der Waals surface area contributed by atoms with Crippen LogP contribution in [0.1, 0.15) is 40.0 Å². The molecule has 3 N–H and O–H groups in total. The van der Waals surface area contributed by atoms with E-state index < -0.39 is 24.2 Å². The molecule has 0 fully saturated rings. The van der Waals surface area contributed by atoms with Crippen molar-refractivity contribution in [2.75, 3.05) is 0 Å². The zero-order valence-electron chi connectivity index (χ0n) is 13.2. The molecule has 1 rings (SSSR count). The van der Waals surface area contributed by atoms with Gasteiger partial charge in [-0.2, -0.15) is 0 Å². The fraction of sp³-hybridized carbons (Fsp3) is 0.667. The molecule has 0 saturated heterocycles. The zero-order chi connectivity index (χ0) is 16.7. The fourth-order valence-electron chi connectivity index (χ4n) is 2.62. The van der Waals surface area contributed by atoms with Crippen LogP contribution in [-0.2, 0) is 19.1 Å². The summed E-state index contributed by atoms with van der Waals surface area (Å²) < 4.78 is 5.95. The molecule has 2 amide bonds. The number of carboxylic acids is 1. The van der Waals surface area contributed by atoms with E-state index in [1.165, 1.54) is 13.0 Å². The molecule has 0 saturated carbocycles. The van der Waals surface area contributed by atoms with Gasteiger partial charge in [0.05, 0.1) is 24.3 Å². The SMILES string of the molecule is CCC(CC)O[C@@H]1C=C(C(=O)O)C[C@H](NC=O)[C@H]1NC(C)=O. The molecule has 0 aromatic carbocycles. The van der Waals surface area contributed by atoms with E-state index in [4.69, 9.17) is 4.74 Å². The van der Waals surface area contributed by atoms with Crippen molar-refractivity contribution in [3.8, 4) is 0 Å². The minimum atomic E-state index is -1.04. The Hall–Kier alpha value is -1.89. The monoisotopic (exact) mass is 312 g/mol. The highest BCUT2D eigenvalue weighted by molar-refractivity contribution is 5.87. The van der Waals surface area contributed by atoms with Crippen LogP contribution in [0.2, 0.25) is 0 Å². The van der Waals surface area contributed by atoms with E-state index in [2.05, 4.69) is 10.6 Å². The first-order chi connectivity index (χ1) is 10.4. The van der Waals surface area contributed by atoms with Gasteiger partial charge in [0, 0.05) is 18.9 Å². The Kier molecular flexibility index (Phi) is 7.04. The van der Waals surface area contributed by atoms with Gasteiger partial charge in [0.1, 0.15) is 0 Å². The van der Waals surface area contributed by atoms with Crippen LogP contribution in [0, 0.1) is 0 Å². The molecule has 0 aromatic heterocycles. The Morgan fingerprint density at radius 1 is 1.45 bits per heavy atom. The van der Waals surface area contributed by atoms with E-state index in [0.717, 1.165) is 12.8 Å². The lowest BCUT2D eigenvalue weighted by molar-refractivity contribution is -0.133. The third kappa shape index (κ3) is 4.84. The molecule has 7 heteroatoms. The number of carbonyl (C=O) groups is 3. The van der Waals surface area contributed by atoms with E-state index in [0.29, 0.717) is 6.41 Å². The van der Waals surface area contributed by atoms with Crippen molar-refractivity contribution in [3.63, 3.8) is 0 Å². The summed E-state index contributed by atoms with van der Waals surface area (Å²) in [7, 11) is 0. The summed E-state index contributed by atoms with van der Waals surface area (Å²) in [4.78, 5) is 33.5. The number of nitrogens with one attached hydrogen (secondary N) is 2. The predicted octanol–water partition coefficient (Wildman–Crippen LogP) is 0.594. The van der Waals surface area contributed by atoms with Crippen LogP contribution < -0.4 is 10.6 Å². The van der Waals surface area contributed by atoms with Crippen LogP contribution in [0.4, 0.5) is 0 Å². The average Bonchev–Trinajstić information content (AvgIpc) is 2.46. The third-order valence-electron chi connectivity index (χ3n) is 3.78. The van der Waals surface area contributed by atoms with Crippen molar-refractivity contribution in [2.24, 2.45) is 0 Å². The smallest absolute Gasteiger partial charge is 0.331 e. The number of hydrogen-bond acceptors (Lipinski definition) is 4. The average molecular weight is 312 g/mol. The van der Waals surface area contributed by atoms with Gasteiger partial charge in [-0.15, -0.1) is 0 Å². The summed E-state index contributed by atoms with van der Waals surface area (Å²) in [5.74, 6) is -1.30. The van der Waals surface area contributed by atoms with Gasteiger partial charge in [-0.1, -0.05) is 13.8 Å². The summed E-state index contributed by atoms with van der Waals surface area (Å²) >= 11 is 0. The molecule has 0 heterocycles. The van der Waals surface area contributed by atoms with Crippen LogP contribution in [-0.4, -0.2) is 47.7 Å². The largest absolute Gasteiger partial charge is 0.478 e. The maximum absolute atomic E-state index is 11.4. The molecule has 22 heavy (non-hydrogen) atoms. The normalized spacial score (nSPS) is 24.5. The number of ether oxygens (including phenoxy) is 1. The number of hydrogen-bond donors (Lipinski definition) is 3. The van der Waals surface area contributed by atoms with Crippen molar-refractivity contribution >= 4 is 18.3 Å². The molecular formula is C15H24N2O5. The molecule has 0 aromatic rings. The van der Waals surface area contributed by atoms with E-state index in [9.17, 15) is 19.5 Å². The molecule has 3 atom stereocenters. The Morgan fingerprint density at radius 2 is 2.09 bits per heavy atom. The van der Waals surface area contributed by atoms with Gasteiger partial charge >= 0.3 is 5.97 Å². The molecule has 0 radical (unpaired) electrons. The molecule has 0 aliphatic heterocycles. The highest BCUT2D eigenvalue weighted by Gasteiger charge is 2.37. The Bertz CT molecular complexity index is 445. The number of carboxylic acid groups (broad SMARTS) is 1. The van der Waals surface area contributed by atoms with Crippen molar-refractivity contribution in [3.05, 3.63) is 11.6 Å². The second-order valence-electron chi connectivity index (χ2n) is 5.36. The third-order valence-corrected chi connectivity index (χ3v) is 3.78. The quantitative estimate of drug-likeness (QED) is 0.569. The van der Waals surface area contributed by atoms with Gasteiger partial charge in [0.15, 0.2) is 0 Å². The van der Waals surface area contributed by atoms with Crippen molar-refractivity contribution in [2.45, 2.75) is 64.3 Å². The van der Waals surface area contributed by atoms with Crippen LogP contribution in [0.15, 0.2) is 11.6 Å². The van der Waals surface area contributed by atoms with Crippen molar-refractivity contribution < 1.29 is 24.2 Å². The van der Waals surface area contributed by atoms with Crippen LogP contribution in [0.25, 0.3) is 0 Å². The lowest BCUT2D eigenvalue weighted by Crippen LogP contribution is -2.58. The second-order valence-corrected chi connectivity index (χ2v) is 5.36. The first kappa shape index (κ1) is 18.2. The molecule has 1 aliphatic rings. The Morgan fingerprint density at radius 3 is 2.55 bits per heavy atom. The lowest BCUT2D eigenvalue weighted by Gasteiger charge is -2.37. The number of aliphatic carboxylic acids is 1.